The molecule has 2 aromatic rings. The zero-order valence-electron chi connectivity index (χ0n) is 8.38. The van der Waals surface area contributed by atoms with Crippen molar-refractivity contribution in [3.63, 3.8) is 0 Å². The Hall–Kier alpha value is -2.09. The van der Waals surface area contributed by atoms with Crippen molar-refractivity contribution < 1.29 is 0 Å². The van der Waals surface area contributed by atoms with E-state index in [4.69, 9.17) is 0 Å². The third-order valence-corrected chi connectivity index (χ3v) is 2.07. The van der Waals surface area contributed by atoms with Crippen LogP contribution in [0.2, 0.25) is 0 Å². The first kappa shape index (κ1) is 9.46. The molecule has 0 atom stereocenters. The Morgan fingerprint density at radius 3 is 2.67 bits per heavy atom. The van der Waals surface area contributed by atoms with Crippen LogP contribution in [0.3, 0.4) is 0 Å². The fraction of sp³-hybridized carbons (Fsp3) is 0. The molecule has 0 aliphatic rings. The molecule has 15 heavy (non-hydrogen) atoms. The maximum absolute atomic E-state index is 4.09. The Bertz CT molecular complexity index is 453. The van der Waals surface area contributed by atoms with Gasteiger partial charge in [-0.25, -0.2) is 4.68 Å². The van der Waals surface area contributed by atoms with Gasteiger partial charge < -0.3 is 0 Å². The van der Waals surface area contributed by atoms with Crippen LogP contribution in [0.4, 0.5) is 0 Å². The van der Waals surface area contributed by atoms with Gasteiger partial charge in [0.1, 0.15) is 0 Å². The lowest BCUT2D eigenvalue weighted by Crippen LogP contribution is -1.92. The fourth-order valence-electron chi connectivity index (χ4n) is 1.27. The highest BCUT2D eigenvalue weighted by Crippen LogP contribution is 2.06. The maximum Gasteiger partial charge on any atom is 0.0574 e. The monoisotopic (exact) mass is 196 g/mol. The third-order valence-electron chi connectivity index (χ3n) is 2.07. The van der Waals surface area contributed by atoms with E-state index < -0.39 is 0 Å². The van der Waals surface area contributed by atoms with Gasteiger partial charge in [0.25, 0.3) is 0 Å². The smallest absolute Gasteiger partial charge is 0.0574 e. The predicted molar refractivity (Wildman–Crippen MR) is 63.0 cm³/mol. The molecule has 0 saturated carbocycles. The van der Waals surface area contributed by atoms with E-state index in [-0.39, 0.29) is 0 Å². The van der Waals surface area contributed by atoms with E-state index in [0.717, 1.165) is 11.3 Å². The number of hydrogen-bond acceptors (Lipinski definition) is 1. The number of hydrogen-bond donors (Lipinski definition) is 0. The first-order chi connectivity index (χ1) is 7.36. The molecule has 1 heterocycles. The highest BCUT2D eigenvalue weighted by molar-refractivity contribution is 5.64. The van der Waals surface area contributed by atoms with Crippen molar-refractivity contribution in [2.75, 3.05) is 0 Å². The average Bonchev–Trinajstić information content (AvgIpc) is 2.81. The SMILES string of the molecule is C=C(/C=C/c1ccccc1)n1cccn1. The van der Waals surface area contributed by atoms with Gasteiger partial charge in [0, 0.05) is 12.4 Å². The van der Waals surface area contributed by atoms with Crippen LogP contribution in [0.15, 0.2) is 61.4 Å². The number of allylic oxidation sites excluding steroid dienone is 2. The van der Waals surface area contributed by atoms with Gasteiger partial charge in [0.15, 0.2) is 0 Å². The minimum absolute atomic E-state index is 0.851. The van der Waals surface area contributed by atoms with Crippen molar-refractivity contribution >= 4 is 11.8 Å². The Kier molecular flexibility index (Phi) is 2.79. The molecule has 0 N–H and O–H groups in total. The van der Waals surface area contributed by atoms with Crippen molar-refractivity contribution in [2.24, 2.45) is 0 Å². The molecule has 0 unspecified atom stereocenters. The van der Waals surface area contributed by atoms with Crippen molar-refractivity contribution in [1.82, 2.24) is 9.78 Å². The summed E-state index contributed by atoms with van der Waals surface area (Å²) in [5, 5.41) is 4.09. The molecule has 1 aromatic carbocycles. The largest absolute Gasteiger partial charge is 0.242 e. The molecule has 0 fully saturated rings. The second-order valence-electron chi connectivity index (χ2n) is 3.19. The molecule has 2 heteroatoms. The molecule has 0 radical (unpaired) electrons. The van der Waals surface area contributed by atoms with Crippen molar-refractivity contribution in [2.45, 2.75) is 0 Å². The summed E-state index contributed by atoms with van der Waals surface area (Å²) in [5.74, 6) is 0. The molecular weight excluding hydrogens is 184 g/mol. The van der Waals surface area contributed by atoms with E-state index >= 15 is 0 Å². The van der Waals surface area contributed by atoms with Crippen molar-refractivity contribution in [3.8, 4) is 0 Å². The summed E-state index contributed by atoms with van der Waals surface area (Å²) in [5.41, 5.74) is 2.01. The van der Waals surface area contributed by atoms with Crippen LogP contribution in [-0.4, -0.2) is 9.78 Å². The minimum Gasteiger partial charge on any atom is -0.242 e. The molecule has 0 bridgehead atoms. The lowest BCUT2D eigenvalue weighted by atomic mass is 10.2. The van der Waals surface area contributed by atoms with Crippen LogP contribution >= 0.6 is 0 Å². The number of nitrogens with zero attached hydrogens (tertiary/aromatic N) is 2. The van der Waals surface area contributed by atoms with Gasteiger partial charge in [-0.05, 0) is 17.7 Å². The summed E-state index contributed by atoms with van der Waals surface area (Å²) in [6.45, 7) is 3.93. The Morgan fingerprint density at radius 1 is 1.20 bits per heavy atom. The molecule has 2 nitrogen and oxygen atoms in total. The summed E-state index contributed by atoms with van der Waals surface area (Å²) < 4.78 is 1.74. The zero-order valence-corrected chi connectivity index (χ0v) is 8.38. The lowest BCUT2D eigenvalue weighted by molar-refractivity contribution is 0.913. The molecule has 0 amide bonds. The highest BCUT2D eigenvalue weighted by atomic mass is 15.3. The summed E-state index contributed by atoms with van der Waals surface area (Å²) in [6, 6.07) is 12.0. The molecule has 2 rings (SSSR count). The van der Waals surface area contributed by atoms with Crippen LogP contribution in [0.25, 0.3) is 11.8 Å². The number of benzene rings is 1. The van der Waals surface area contributed by atoms with Crippen LogP contribution in [0.1, 0.15) is 5.56 Å². The second kappa shape index (κ2) is 4.42. The molecule has 0 saturated heterocycles. The fourth-order valence-corrected chi connectivity index (χ4v) is 1.27. The first-order valence-corrected chi connectivity index (χ1v) is 4.78. The topological polar surface area (TPSA) is 17.8 Å². The van der Waals surface area contributed by atoms with Gasteiger partial charge >= 0.3 is 0 Å². The summed E-state index contributed by atoms with van der Waals surface area (Å²) in [6.07, 6.45) is 7.57. The van der Waals surface area contributed by atoms with Crippen molar-refractivity contribution in [3.05, 3.63) is 67.0 Å². The molecule has 0 aliphatic carbocycles. The second-order valence-corrected chi connectivity index (χ2v) is 3.19. The number of aromatic nitrogens is 2. The van der Waals surface area contributed by atoms with Crippen LogP contribution in [0, 0.1) is 0 Å². The molecule has 0 spiro atoms. The van der Waals surface area contributed by atoms with E-state index in [0.29, 0.717) is 0 Å². The third kappa shape index (κ3) is 2.44. The Balaban J connectivity index is 2.10. The van der Waals surface area contributed by atoms with Crippen LogP contribution < -0.4 is 0 Å². The molecule has 74 valence electrons. The average molecular weight is 196 g/mol. The van der Waals surface area contributed by atoms with E-state index in [9.17, 15) is 0 Å². The zero-order chi connectivity index (χ0) is 10.5. The Morgan fingerprint density at radius 2 is 2.00 bits per heavy atom. The number of rotatable bonds is 3. The van der Waals surface area contributed by atoms with Crippen molar-refractivity contribution in [1.29, 1.82) is 0 Å². The molecule has 0 aliphatic heterocycles. The summed E-state index contributed by atoms with van der Waals surface area (Å²) in [7, 11) is 0. The van der Waals surface area contributed by atoms with E-state index in [1.807, 2.05) is 54.7 Å². The van der Waals surface area contributed by atoms with Gasteiger partial charge in [-0.3, -0.25) is 0 Å². The Labute approximate surface area is 89.2 Å². The van der Waals surface area contributed by atoms with Crippen LogP contribution in [0.5, 0.6) is 0 Å². The summed E-state index contributed by atoms with van der Waals surface area (Å²) in [4.78, 5) is 0. The maximum atomic E-state index is 4.09. The van der Waals surface area contributed by atoms with Gasteiger partial charge in [-0.15, -0.1) is 0 Å². The van der Waals surface area contributed by atoms with Crippen LogP contribution in [-0.2, 0) is 0 Å². The molecule has 1 aromatic heterocycles. The molecular formula is C13H12N2. The standard InChI is InChI=1S/C13H12N2/c1-12(15-11-5-10-14-15)8-9-13-6-3-2-4-7-13/h2-11H,1H2/b9-8+. The van der Waals surface area contributed by atoms with Gasteiger partial charge in [0.2, 0.25) is 0 Å². The van der Waals surface area contributed by atoms with E-state index in [2.05, 4.69) is 11.7 Å². The van der Waals surface area contributed by atoms with E-state index in [1.54, 1.807) is 10.9 Å². The lowest BCUT2D eigenvalue weighted by Gasteiger charge is -1.98. The minimum atomic E-state index is 0.851. The van der Waals surface area contributed by atoms with Gasteiger partial charge in [-0.1, -0.05) is 43.0 Å². The van der Waals surface area contributed by atoms with Gasteiger partial charge in [-0.2, -0.15) is 5.10 Å². The summed E-state index contributed by atoms with van der Waals surface area (Å²) >= 11 is 0. The van der Waals surface area contributed by atoms with E-state index in [1.165, 1.54) is 0 Å². The first-order valence-electron chi connectivity index (χ1n) is 4.78. The quantitative estimate of drug-likeness (QED) is 0.690. The normalized spacial score (nSPS) is 10.7. The predicted octanol–water partition coefficient (Wildman–Crippen LogP) is 3.07. The highest BCUT2D eigenvalue weighted by Gasteiger charge is 1.91. The van der Waals surface area contributed by atoms with Gasteiger partial charge in [0.05, 0.1) is 5.70 Å².